The van der Waals surface area contributed by atoms with E-state index in [0.29, 0.717) is 19.6 Å². The molecule has 11 heavy (non-hydrogen) atoms. The van der Waals surface area contributed by atoms with E-state index in [1.165, 1.54) is 0 Å². The van der Waals surface area contributed by atoms with Crippen LogP contribution in [-0.4, -0.2) is 42.8 Å². The summed E-state index contributed by atoms with van der Waals surface area (Å²) in [5, 5.41) is 10.4. The molecule has 2 N–H and O–H groups in total. The molecular weight excluding hydrogens is 144 g/mol. The number of hydrogen-bond donors (Lipinski definition) is 2. The van der Waals surface area contributed by atoms with Crippen molar-refractivity contribution in [2.75, 3.05) is 26.7 Å². The van der Waals surface area contributed by atoms with Gasteiger partial charge >= 0.3 is 6.09 Å². The maximum atomic E-state index is 9.97. The van der Waals surface area contributed by atoms with E-state index in [2.05, 4.69) is 11.2 Å². The molecule has 0 radical (unpaired) electrons. The highest BCUT2D eigenvalue weighted by atomic mass is 16.4. The van der Waals surface area contributed by atoms with Crippen LogP contribution in [-0.2, 0) is 0 Å². The first-order valence-electron chi connectivity index (χ1n) is 3.25. The van der Waals surface area contributed by atoms with E-state index < -0.39 is 6.09 Å². The van der Waals surface area contributed by atoms with Gasteiger partial charge < -0.3 is 10.4 Å². The van der Waals surface area contributed by atoms with Gasteiger partial charge in [-0.15, -0.1) is 6.42 Å². The maximum absolute atomic E-state index is 9.97. The van der Waals surface area contributed by atoms with Crippen LogP contribution in [0.5, 0.6) is 0 Å². The van der Waals surface area contributed by atoms with E-state index in [4.69, 9.17) is 11.5 Å². The van der Waals surface area contributed by atoms with E-state index in [9.17, 15) is 4.79 Å². The fraction of sp³-hybridized carbons (Fsp3) is 0.571. The minimum absolute atomic E-state index is 0.410. The number of hydrogen-bond acceptors (Lipinski definition) is 2. The number of carboxylic acid groups (broad SMARTS) is 1. The molecule has 0 aliphatic carbocycles. The molecule has 0 saturated carbocycles. The molecule has 4 heteroatoms. The van der Waals surface area contributed by atoms with Crippen molar-refractivity contribution in [3.63, 3.8) is 0 Å². The highest BCUT2D eigenvalue weighted by Crippen LogP contribution is 1.77. The third-order valence-corrected chi connectivity index (χ3v) is 1.13. The zero-order valence-corrected chi connectivity index (χ0v) is 6.50. The predicted molar refractivity (Wildman–Crippen MR) is 42.4 cm³/mol. The average Bonchev–Trinajstić information content (AvgIpc) is 1.87. The van der Waals surface area contributed by atoms with Gasteiger partial charge in [0.05, 0.1) is 6.54 Å². The highest BCUT2D eigenvalue weighted by molar-refractivity contribution is 5.64. The topological polar surface area (TPSA) is 52.6 Å². The zero-order valence-electron chi connectivity index (χ0n) is 6.50. The number of nitrogens with zero attached hydrogens (tertiary/aromatic N) is 1. The summed E-state index contributed by atoms with van der Waals surface area (Å²) in [7, 11) is 1.84. The van der Waals surface area contributed by atoms with Crippen molar-refractivity contribution in [1.29, 1.82) is 0 Å². The molecule has 1 amide bonds. The van der Waals surface area contributed by atoms with Gasteiger partial charge in [-0.3, -0.25) is 4.90 Å². The van der Waals surface area contributed by atoms with Gasteiger partial charge in [0.15, 0.2) is 0 Å². The van der Waals surface area contributed by atoms with Crippen LogP contribution >= 0.6 is 0 Å². The molecule has 0 aliphatic heterocycles. The van der Waals surface area contributed by atoms with Gasteiger partial charge in [0.2, 0.25) is 0 Å². The second-order valence-corrected chi connectivity index (χ2v) is 2.17. The minimum atomic E-state index is -1.00. The van der Waals surface area contributed by atoms with Gasteiger partial charge in [0, 0.05) is 13.1 Å². The lowest BCUT2D eigenvalue weighted by Gasteiger charge is -2.11. The second kappa shape index (κ2) is 5.57. The molecule has 0 atom stereocenters. The number of likely N-dealkylation sites (N-methyl/N-ethyl adjacent to an activating group) is 1. The molecule has 0 spiro atoms. The average molecular weight is 156 g/mol. The number of terminal acetylenes is 1. The summed E-state index contributed by atoms with van der Waals surface area (Å²) >= 11 is 0. The number of amides is 1. The summed E-state index contributed by atoms with van der Waals surface area (Å²) in [5.74, 6) is 2.46. The normalized spacial score (nSPS) is 9.18. The number of carbonyl (C=O) groups is 1. The van der Waals surface area contributed by atoms with Gasteiger partial charge in [-0.05, 0) is 7.05 Å². The quantitative estimate of drug-likeness (QED) is 0.555. The Kier molecular flexibility index (Phi) is 4.95. The van der Waals surface area contributed by atoms with Crippen molar-refractivity contribution in [2.24, 2.45) is 0 Å². The lowest BCUT2D eigenvalue weighted by molar-refractivity contribution is 0.193. The lowest BCUT2D eigenvalue weighted by atomic mass is 10.5. The molecule has 0 fully saturated rings. The van der Waals surface area contributed by atoms with Crippen LogP contribution in [0.15, 0.2) is 0 Å². The maximum Gasteiger partial charge on any atom is 0.404 e. The Morgan fingerprint density at radius 3 is 2.91 bits per heavy atom. The summed E-state index contributed by atoms with van der Waals surface area (Å²) in [6.07, 6.45) is 4.03. The highest BCUT2D eigenvalue weighted by Gasteiger charge is 1.96. The molecule has 4 nitrogen and oxygen atoms in total. The van der Waals surface area contributed by atoms with E-state index >= 15 is 0 Å². The van der Waals surface area contributed by atoms with Gasteiger partial charge in [-0.2, -0.15) is 0 Å². The Morgan fingerprint density at radius 2 is 2.45 bits per heavy atom. The summed E-state index contributed by atoms with van der Waals surface area (Å²) in [6, 6.07) is 0. The van der Waals surface area contributed by atoms with Crippen LogP contribution in [0.2, 0.25) is 0 Å². The SMILES string of the molecule is C#CCN(C)CCNC(=O)O. The third kappa shape index (κ3) is 6.68. The molecule has 0 aromatic heterocycles. The summed E-state index contributed by atoms with van der Waals surface area (Å²) in [4.78, 5) is 11.8. The van der Waals surface area contributed by atoms with Gasteiger partial charge in [-0.25, -0.2) is 4.79 Å². The Morgan fingerprint density at radius 1 is 1.82 bits per heavy atom. The molecule has 0 aromatic carbocycles. The smallest absolute Gasteiger partial charge is 0.404 e. The predicted octanol–water partition coefficient (Wildman–Crippen LogP) is -0.181. The summed E-state index contributed by atoms with van der Waals surface area (Å²) in [5.41, 5.74) is 0. The lowest BCUT2D eigenvalue weighted by Crippen LogP contribution is -2.32. The minimum Gasteiger partial charge on any atom is -0.465 e. The zero-order chi connectivity index (χ0) is 8.69. The number of nitrogens with one attached hydrogen (secondary N) is 1. The molecule has 0 saturated heterocycles. The molecule has 0 bridgehead atoms. The Hall–Kier alpha value is -1.21. The van der Waals surface area contributed by atoms with Crippen LogP contribution in [0.1, 0.15) is 0 Å². The Balaban J connectivity index is 3.25. The number of rotatable bonds is 4. The molecule has 0 heterocycles. The van der Waals surface area contributed by atoms with Crippen LogP contribution in [0.4, 0.5) is 4.79 Å². The summed E-state index contributed by atoms with van der Waals surface area (Å²) in [6.45, 7) is 1.59. The van der Waals surface area contributed by atoms with E-state index in [0.717, 1.165) is 0 Å². The van der Waals surface area contributed by atoms with Crippen molar-refractivity contribution < 1.29 is 9.90 Å². The summed E-state index contributed by atoms with van der Waals surface area (Å²) < 4.78 is 0. The fourth-order valence-corrected chi connectivity index (χ4v) is 0.589. The second-order valence-electron chi connectivity index (χ2n) is 2.17. The monoisotopic (exact) mass is 156 g/mol. The van der Waals surface area contributed by atoms with Crippen molar-refractivity contribution in [3.8, 4) is 12.3 Å². The van der Waals surface area contributed by atoms with Crippen LogP contribution in [0.3, 0.4) is 0 Å². The first kappa shape index (κ1) is 9.79. The standard InChI is InChI=1S/C7H12N2O2/c1-3-5-9(2)6-4-8-7(10)11/h1,8H,4-6H2,2H3,(H,10,11). The van der Waals surface area contributed by atoms with Crippen molar-refractivity contribution in [3.05, 3.63) is 0 Å². The largest absolute Gasteiger partial charge is 0.465 e. The van der Waals surface area contributed by atoms with Crippen molar-refractivity contribution in [2.45, 2.75) is 0 Å². The van der Waals surface area contributed by atoms with Gasteiger partial charge in [0.25, 0.3) is 0 Å². The molecule has 0 aromatic rings. The van der Waals surface area contributed by atoms with E-state index in [1.54, 1.807) is 0 Å². The fourth-order valence-electron chi connectivity index (χ4n) is 0.589. The van der Waals surface area contributed by atoms with E-state index in [-0.39, 0.29) is 0 Å². The first-order chi connectivity index (χ1) is 5.16. The molecule has 0 rings (SSSR count). The van der Waals surface area contributed by atoms with Crippen LogP contribution in [0.25, 0.3) is 0 Å². The first-order valence-corrected chi connectivity index (χ1v) is 3.25. The van der Waals surface area contributed by atoms with Gasteiger partial charge in [-0.1, -0.05) is 5.92 Å². The molecule has 0 unspecified atom stereocenters. The van der Waals surface area contributed by atoms with Crippen molar-refractivity contribution in [1.82, 2.24) is 10.2 Å². The Bertz CT molecular complexity index is 162. The molecular formula is C7H12N2O2. The Labute approximate surface area is 66.2 Å². The molecule has 62 valence electrons. The molecule has 0 aliphatic rings. The van der Waals surface area contributed by atoms with Crippen LogP contribution < -0.4 is 5.32 Å². The van der Waals surface area contributed by atoms with Crippen molar-refractivity contribution >= 4 is 6.09 Å². The van der Waals surface area contributed by atoms with Gasteiger partial charge in [0.1, 0.15) is 0 Å². The third-order valence-electron chi connectivity index (χ3n) is 1.13. The van der Waals surface area contributed by atoms with E-state index in [1.807, 2.05) is 11.9 Å². The van der Waals surface area contributed by atoms with Crippen LogP contribution in [0, 0.1) is 12.3 Å².